The van der Waals surface area contributed by atoms with E-state index in [2.05, 4.69) is 115 Å². The van der Waals surface area contributed by atoms with E-state index in [1.165, 1.54) is 31.3 Å². The summed E-state index contributed by atoms with van der Waals surface area (Å²) in [6.45, 7) is 41.1. The van der Waals surface area contributed by atoms with E-state index in [0.29, 0.717) is 44.4 Å². The van der Waals surface area contributed by atoms with Crippen molar-refractivity contribution in [2.75, 3.05) is 0 Å². The van der Waals surface area contributed by atoms with Crippen molar-refractivity contribution >= 4 is 28.6 Å². The first-order valence-electron chi connectivity index (χ1n) is 23.5. The van der Waals surface area contributed by atoms with Gasteiger partial charge in [-0.1, -0.05) is 120 Å². The number of esters is 2. The summed E-state index contributed by atoms with van der Waals surface area (Å²) in [7, 11) is -5.05. The van der Waals surface area contributed by atoms with Crippen molar-refractivity contribution in [2.24, 2.45) is 28.6 Å². The molecule has 0 radical (unpaired) electrons. The highest BCUT2D eigenvalue weighted by molar-refractivity contribution is 6.74. The van der Waals surface area contributed by atoms with Gasteiger partial charge >= 0.3 is 11.9 Å². The summed E-state index contributed by atoms with van der Waals surface area (Å²) >= 11 is 0. The van der Waals surface area contributed by atoms with Crippen molar-refractivity contribution in [3.63, 3.8) is 0 Å². The van der Waals surface area contributed by atoms with E-state index in [9.17, 15) is 9.59 Å². The summed E-state index contributed by atoms with van der Waals surface area (Å²) in [5, 5.41) is -0.335. The molecule has 59 heavy (non-hydrogen) atoms. The Hall–Kier alpha value is -1.31. The van der Waals surface area contributed by atoms with Crippen LogP contribution < -0.4 is 0 Å². The quantitative estimate of drug-likeness (QED) is 0.0811. The molecule has 4 aliphatic carbocycles. The summed E-state index contributed by atoms with van der Waals surface area (Å²) in [4.78, 5) is 28.9. The van der Waals surface area contributed by atoms with Gasteiger partial charge in [-0.25, -0.2) is 9.59 Å². The van der Waals surface area contributed by atoms with Crippen molar-refractivity contribution in [3.8, 4) is 0 Å². The first-order chi connectivity index (χ1) is 27.0. The summed E-state index contributed by atoms with van der Waals surface area (Å²) in [6, 6.07) is 0. The number of ether oxygens (including phenoxy) is 4. The van der Waals surface area contributed by atoms with Crippen LogP contribution >= 0.6 is 0 Å². The molecule has 10 heteroatoms. The molecule has 4 unspecified atom stereocenters. The Labute approximate surface area is 363 Å². The summed E-state index contributed by atoms with van der Waals surface area (Å²) in [5.74, 6) is 0.558. The molecular formula is C49H88O8Si2. The minimum atomic E-state index is -2.55. The molecule has 0 amide bonds. The molecule has 0 aromatic carbocycles. The number of allylic oxidation sites excluding steroid dienone is 3. The van der Waals surface area contributed by atoms with E-state index < -0.39 is 70.0 Å². The highest BCUT2D eigenvalue weighted by atomic mass is 28.4. The third-order valence-corrected chi connectivity index (χ3v) is 26.2. The van der Waals surface area contributed by atoms with Crippen LogP contribution in [0.4, 0.5) is 0 Å². The lowest BCUT2D eigenvalue weighted by Crippen LogP contribution is -2.57. The van der Waals surface area contributed by atoms with Crippen LogP contribution in [0.5, 0.6) is 0 Å². The van der Waals surface area contributed by atoms with Crippen LogP contribution in [0.3, 0.4) is 0 Å². The van der Waals surface area contributed by atoms with Crippen molar-refractivity contribution in [2.45, 2.75) is 247 Å². The first kappa shape index (κ1) is 50.3. The van der Waals surface area contributed by atoms with E-state index in [1.807, 2.05) is 27.7 Å². The molecule has 8 nitrogen and oxygen atoms in total. The molecule has 3 fully saturated rings. The van der Waals surface area contributed by atoms with Gasteiger partial charge in [-0.05, 0) is 131 Å². The van der Waals surface area contributed by atoms with Crippen LogP contribution in [0.1, 0.15) is 174 Å². The average molecular weight is 861 g/mol. The van der Waals surface area contributed by atoms with Gasteiger partial charge in [0.1, 0.15) is 11.2 Å². The third kappa shape index (κ3) is 10.2. The second-order valence-electron chi connectivity index (χ2n) is 22.9. The second kappa shape index (κ2) is 18.1. The van der Waals surface area contributed by atoms with Gasteiger partial charge in [0, 0.05) is 11.8 Å². The minimum Gasteiger partial charge on any atom is -0.456 e. The van der Waals surface area contributed by atoms with Crippen molar-refractivity contribution in [3.05, 3.63) is 23.3 Å². The van der Waals surface area contributed by atoms with Crippen molar-refractivity contribution in [1.29, 1.82) is 0 Å². The summed E-state index contributed by atoms with van der Waals surface area (Å²) < 4.78 is 40.7. The molecule has 0 aromatic heterocycles. The number of carbonyl (C=O) groups is 2. The van der Waals surface area contributed by atoms with Gasteiger partial charge in [0.25, 0.3) is 0 Å². The molecule has 0 heterocycles. The van der Waals surface area contributed by atoms with Crippen molar-refractivity contribution in [1.82, 2.24) is 0 Å². The fraction of sp³-hybridized carbons (Fsp3) is 0.878. The zero-order valence-corrected chi connectivity index (χ0v) is 43.2. The molecule has 4 aliphatic rings. The topological polar surface area (TPSA) is 89.5 Å². The minimum absolute atomic E-state index is 0.162. The predicted molar refractivity (Wildman–Crippen MR) is 245 cm³/mol. The van der Waals surface area contributed by atoms with Gasteiger partial charge in [0.05, 0.1) is 12.2 Å². The molecule has 0 saturated heterocycles. The van der Waals surface area contributed by atoms with Gasteiger partial charge in [0.2, 0.25) is 12.6 Å². The Kier molecular flexibility index (Phi) is 15.4. The monoisotopic (exact) mass is 861 g/mol. The maximum Gasteiger partial charge on any atom is 0.363 e. The Morgan fingerprint density at radius 2 is 1.17 bits per heavy atom. The van der Waals surface area contributed by atoms with Gasteiger partial charge in [-0.15, -0.1) is 0 Å². The highest BCUT2D eigenvalue weighted by Gasteiger charge is 2.60. The number of hydrogen-bond acceptors (Lipinski definition) is 8. The fourth-order valence-electron chi connectivity index (χ4n) is 9.93. The molecule has 3 saturated carbocycles. The van der Waals surface area contributed by atoms with Gasteiger partial charge in [-0.2, -0.15) is 0 Å². The largest absolute Gasteiger partial charge is 0.456 e. The molecule has 4 rings (SSSR count). The Balaban J connectivity index is 1.84. The number of carbonyl (C=O) groups excluding carboxylic acids is 2. The number of rotatable bonds is 17. The molecule has 0 bridgehead atoms. The zero-order chi connectivity index (χ0) is 44.8. The number of fused-ring (bicyclic) bond motifs is 5. The molecule has 340 valence electrons. The predicted octanol–water partition coefficient (Wildman–Crippen LogP) is 13.2. The maximum atomic E-state index is 14.6. The van der Waals surface area contributed by atoms with Gasteiger partial charge < -0.3 is 27.8 Å². The third-order valence-electron chi connectivity index (χ3n) is 17.4. The lowest BCUT2D eigenvalue weighted by molar-refractivity contribution is -0.229. The first-order valence-corrected chi connectivity index (χ1v) is 29.3. The zero-order valence-electron chi connectivity index (χ0n) is 41.2. The molecule has 0 aliphatic heterocycles. The standard InChI is InChI=1S/C49H88O8Si2/c1-20-33-26-28-37-36-27-25-34-31-35(52-42(56-58(16,17)44(6,7)8)40(50)54-46(12,21-2)22-3)32-39(49(34,15)38(36)29-30-48(33,37)14)53-43(57-59(18,19)45(9,10)11)41(51)55-47(13,23-4)24-5/h25,27,33,35,37-39,42-43H,20-24,26,28-32H2,1-19H3/t33-,35?,37-,38-,39?,42?,43?,48+,49-/m0/s1. The fourth-order valence-corrected chi connectivity index (χ4v) is 12.0. The maximum absolute atomic E-state index is 14.6. The SMILES string of the molecule is CC[C@H]1CC[C@H]2C3=CC=C4CC(OC(O[Si](C)(C)C(C)(C)C)C(=O)OC(C)(CC)CC)CC(OC(O[Si](C)(C)C(C)(C)C)C(=O)OC(C)(CC)CC)[C@]4(C)[C@H]3CC[C@]12C. The van der Waals surface area contributed by atoms with Crippen LogP contribution in [0.2, 0.25) is 36.3 Å². The molecular weight excluding hydrogens is 773 g/mol. The number of hydrogen-bond donors (Lipinski definition) is 0. The molecule has 0 N–H and O–H groups in total. The Morgan fingerprint density at radius 3 is 1.61 bits per heavy atom. The van der Waals surface area contributed by atoms with Crippen molar-refractivity contribution < 1.29 is 37.4 Å². The van der Waals surface area contributed by atoms with Crippen LogP contribution in [0.15, 0.2) is 23.3 Å². The van der Waals surface area contributed by atoms with Crippen LogP contribution in [0, 0.1) is 28.6 Å². The molecule has 9 atom stereocenters. The highest BCUT2D eigenvalue weighted by Crippen LogP contribution is 2.66. The molecule has 0 spiro atoms. The van der Waals surface area contributed by atoms with E-state index >= 15 is 0 Å². The van der Waals surface area contributed by atoms with E-state index in [-0.39, 0.29) is 21.4 Å². The lowest BCUT2D eigenvalue weighted by atomic mass is 9.49. The smallest absolute Gasteiger partial charge is 0.363 e. The summed E-state index contributed by atoms with van der Waals surface area (Å²) in [6.07, 6.45) is 11.2. The lowest BCUT2D eigenvalue weighted by Gasteiger charge is -2.57. The second-order valence-corrected chi connectivity index (χ2v) is 32.4. The van der Waals surface area contributed by atoms with E-state index in [4.69, 9.17) is 27.8 Å². The summed E-state index contributed by atoms with van der Waals surface area (Å²) in [5.41, 5.74) is 1.37. The van der Waals surface area contributed by atoms with Crippen LogP contribution in [0.25, 0.3) is 0 Å². The Bertz CT molecular complexity index is 1540. The normalized spacial score (nSPS) is 30.3. The van der Waals surface area contributed by atoms with Crippen LogP contribution in [-0.4, -0.2) is 64.6 Å². The van der Waals surface area contributed by atoms with E-state index in [0.717, 1.165) is 12.3 Å². The molecule has 0 aromatic rings. The van der Waals surface area contributed by atoms with Gasteiger partial charge in [0.15, 0.2) is 16.6 Å². The average Bonchev–Trinajstić information content (AvgIpc) is 3.49. The van der Waals surface area contributed by atoms with E-state index in [1.54, 1.807) is 5.57 Å². The van der Waals surface area contributed by atoms with Gasteiger partial charge in [-0.3, -0.25) is 0 Å². The Morgan fingerprint density at radius 1 is 0.695 bits per heavy atom. The van der Waals surface area contributed by atoms with Crippen LogP contribution in [-0.2, 0) is 37.4 Å².